The van der Waals surface area contributed by atoms with E-state index in [4.69, 9.17) is 4.42 Å². The fourth-order valence-corrected chi connectivity index (χ4v) is 3.59. The highest BCUT2D eigenvalue weighted by Crippen LogP contribution is 2.23. The Kier molecular flexibility index (Phi) is 6.46. The molecule has 2 amide bonds. The van der Waals surface area contributed by atoms with Crippen molar-refractivity contribution in [1.29, 1.82) is 0 Å². The average molecular weight is 494 g/mol. The van der Waals surface area contributed by atoms with Crippen molar-refractivity contribution < 1.29 is 14.0 Å². The number of hydrogen-bond acceptors (Lipinski definition) is 5. The molecule has 0 unspecified atom stereocenters. The Balaban J connectivity index is 1.46. The molecule has 0 saturated heterocycles. The number of benzene rings is 2. The fourth-order valence-electron chi connectivity index (χ4n) is 3.28. The van der Waals surface area contributed by atoms with Gasteiger partial charge >= 0.3 is 0 Å². The predicted molar refractivity (Wildman–Crippen MR) is 122 cm³/mol. The topological polar surface area (TPSA) is 93.3 Å². The van der Waals surface area contributed by atoms with Crippen LogP contribution in [0.2, 0.25) is 0 Å². The van der Waals surface area contributed by atoms with Gasteiger partial charge in [-0.3, -0.25) is 9.59 Å². The zero-order chi connectivity index (χ0) is 22.5. The summed E-state index contributed by atoms with van der Waals surface area (Å²) in [5.41, 5.74) is 2.89. The maximum absolute atomic E-state index is 12.9. The Labute approximate surface area is 193 Å². The van der Waals surface area contributed by atoms with Crippen LogP contribution in [0.1, 0.15) is 32.0 Å². The maximum Gasteiger partial charge on any atom is 0.293 e. The number of para-hydroxylation sites is 1. The third-order valence-electron chi connectivity index (χ3n) is 4.85. The molecule has 1 N–H and O–H groups in total. The molecule has 9 heteroatoms. The fraction of sp³-hybridized carbons (Fsp3) is 0.130. The summed E-state index contributed by atoms with van der Waals surface area (Å²) in [5.74, 6) is -0.446. The summed E-state index contributed by atoms with van der Waals surface area (Å²) < 4.78 is 7.56. The Morgan fingerprint density at radius 3 is 2.66 bits per heavy atom. The lowest BCUT2D eigenvalue weighted by Gasteiger charge is -2.19. The molecule has 162 valence electrons. The van der Waals surface area contributed by atoms with E-state index in [2.05, 4.69) is 31.3 Å². The van der Waals surface area contributed by atoms with E-state index in [0.717, 1.165) is 11.1 Å². The number of halogens is 1. The molecule has 0 radical (unpaired) electrons. The van der Waals surface area contributed by atoms with Crippen LogP contribution in [-0.2, 0) is 13.1 Å². The molecule has 2 aromatic heterocycles. The second-order valence-electron chi connectivity index (χ2n) is 7.08. The third-order valence-corrected chi connectivity index (χ3v) is 5.28. The Bertz CT molecular complexity index is 1240. The Morgan fingerprint density at radius 2 is 1.91 bits per heavy atom. The first-order chi connectivity index (χ1) is 15.5. The van der Waals surface area contributed by atoms with E-state index in [1.165, 1.54) is 11.2 Å². The molecule has 2 heterocycles. The Hall–Kier alpha value is -3.72. The van der Waals surface area contributed by atoms with E-state index in [0.29, 0.717) is 29.0 Å². The molecule has 0 aliphatic carbocycles. The van der Waals surface area contributed by atoms with Gasteiger partial charge in [0.15, 0.2) is 10.4 Å². The summed E-state index contributed by atoms with van der Waals surface area (Å²) in [6.45, 7) is 0.946. The number of nitrogens with one attached hydrogen (secondary N) is 1. The van der Waals surface area contributed by atoms with Gasteiger partial charge in [-0.05, 0) is 51.3 Å². The van der Waals surface area contributed by atoms with Crippen LogP contribution in [0.3, 0.4) is 0 Å². The normalized spacial score (nSPS) is 10.7. The van der Waals surface area contributed by atoms with Gasteiger partial charge in [0.1, 0.15) is 12.7 Å². The van der Waals surface area contributed by atoms with Gasteiger partial charge in [-0.1, -0.05) is 36.4 Å². The van der Waals surface area contributed by atoms with Gasteiger partial charge in [0, 0.05) is 13.6 Å². The molecular weight excluding hydrogens is 474 g/mol. The van der Waals surface area contributed by atoms with Crippen LogP contribution < -0.4 is 10.2 Å². The lowest BCUT2D eigenvalue weighted by atomic mass is 10.1. The SMILES string of the molecule is CN(C(=O)c1ccc(Br)o1)c1ccccc1C(=O)NCc1cccc(Cn2cncn2)c1. The molecule has 0 bridgehead atoms. The molecule has 4 rings (SSSR count). The average Bonchev–Trinajstić information content (AvgIpc) is 3.48. The largest absolute Gasteiger partial charge is 0.444 e. The zero-order valence-corrected chi connectivity index (χ0v) is 18.8. The first-order valence-corrected chi connectivity index (χ1v) is 10.6. The number of aromatic nitrogens is 3. The third kappa shape index (κ3) is 4.94. The summed E-state index contributed by atoms with van der Waals surface area (Å²) >= 11 is 3.20. The van der Waals surface area contributed by atoms with Crippen LogP contribution in [0.5, 0.6) is 0 Å². The van der Waals surface area contributed by atoms with E-state index in [-0.39, 0.29) is 17.6 Å². The number of anilines is 1. The summed E-state index contributed by atoms with van der Waals surface area (Å²) in [7, 11) is 1.61. The number of rotatable bonds is 7. The molecule has 32 heavy (non-hydrogen) atoms. The van der Waals surface area contributed by atoms with Gasteiger partial charge in [0.05, 0.1) is 17.8 Å². The van der Waals surface area contributed by atoms with E-state index in [1.54, 1.807) is 54.5 Å². The highest BCUT2D eigenvalue weighted by atomic mass is 79.9. The number of amides is 2. The number of carbonyl (C=O) groups excluding carboxylic acids is 2. The van der Waals surface area contributed by atoms with Crippen molar-refractivity contribution in [2.24, 2.45) is 0 Å². The van der Waals surface area contributed by atoms with Gasteiger partial charge in [0.25, 0.3) is 11.8 Å². The van der Waals surface area contributed by atoms with Crippen molar-refractivity contribution in [3.8, 4) is 0 Å². The minimum atomic E-state index is -0.350. The molecule has 0 aliphatic heterocycles. The lowest BCUT2D eigenvalue weighted by molar-refractivity contribution is 0.0951. The van der Waals surface area contributed by atoms with Crippen molar-refractivity contribution in [3.05, 3.63) is 100 Å². The summed E-state index contributed by atoms with van der Waals surface area (Å²) in [4.78, 5) is 31.0. The molecular formula is C23H20BrN5O3. The van der Waals surface area contributed by atoms with Crippen LogP contribution >= 0.6 is 15.9 Å². The monoisotopic (exact) mass is 493 g/mol. The van der Waals surface area contributed by atoms with Gasteiger partial charge in [-0.15, -0.1) is 0 Å². The second-order valence-corrected chi connectivity index (χ2v) is 7.86. The minimum absolute atomic E-state index is 0.179. The smallest absolute Gasteiger partial charge is 0.293 e. The second kappa shape index (κ2) is 9.61. The number of hydrogen-bond donors (Lipinski definition) is 1. The van der Waals surface area contributed by atoms with Crippen molar-refractivity contribution in [3.63, 3.8) is 0 Å². The number of nitrogens with zero attached hydrogens (tertiary/aromatic N) is 4. The van der Waals surface area contributed by atoms with Crippen molar-refractivity contribution >= 4 is 33.4 Å². The van der Waals surface area contributed by atoms with Crippen molar-refractivity contribution in [2.45, 2.75) is 13.1 Å². The highest BCUT2D eigenvalue weighted by Gasteiger charge is 2.21. The summed E-state index contributed by atoms with van der Waals surface area (Å²) in [5, 5.41) is 7.05. The molecule has 2 aromatic carbocycles. The van der Waals surface area contributed by atoms with Crippen LogP contribution in [-0.4, -0.2) is 33.6 Å². The molecule has 0 spiro atoms. The maximum atomic E-state index is 12.9. The zero-order valence-electron chi connectivity index (χ0n) is 17.2. The van der Waals surface area contributed by atoms with Gasteiger partial charge in [0.2, 0.25) is 0 Å². The quantitative estimate of drug-likeness (QED) is 0.421. The van der Waals surface area contributed by atoms with Gasteiger partial charge in [-0.2, -0.15) is 5.10 Å². The first-order valence-electron chi connectivity index (χ1n) is 9.82. The minimum Gasteiger partial charge on any atom is -0.444 e. The van der Waals surface area contributed by atoms with E-state index >= 15 is 0 Å². The standard InChI is InChI=1S/C23H20BrN5O3/c1-28(23(31)20-9-10-21(24)32-20)19-8-3-2-7-18(19)22(30)26-12-16-5-4-6-17(11-16)13-29-15-25-14-27-29/h2-11,14-15H,12-13H2,1H3,(H,26,30). The van der Waals surface area contributed by atoms with Crippen LogP contribution in [0.4, 0.5) is 5.69 Å². The predicted octanol–water partition coefficient (Wildman–Crippen LogP) is 3.89. The molecule has 0 atom stereocenters. The molecule has 8 nitrogen and oxygen atoms in total. The number of furan rings is 1. The van der Waals surface area contributed by atoms with Crippen LogP contribution in [0.25, 0.3) is 0 Å². The van der Waals surface area contributed by atoms with Crippen molar-refractivity contribution in [2.75, 3.05) is 11.9 Å². The summed E-state index contributed by atoms with van der Waals surface area (Å²) in [6, 6.07) is 18.1. The molecule has 0 aliphatic rings. The van der Waals surface area contributed by atoms with Gasteiger partial charge in [-0.25, -0.2) is 9.67 Å². The Morgan fingerprint density at radius 1 is 1.09 bits per heavy atom. The van der Waals surface area contributed by atoms with Gasteiger partial charge < -0.3 is 14.6 Å². The van der Waals surface area contributed by atoms with Crippen molar-refractivity contribution in [1.82, 2.24) is 20.1 Å². The van der Waals surface area contributed by atoms with Crippen LogP contribution in [0.15, 0.2) is 82.4 Å². The molecule has 4 aromatic rings. The van der Waals surface area contributed by atoms with Crippen LogP contribution in [0, 0.1) is 0 Å². The van der Waals surface area contributed by atoms with E-state index < -0.39 is 0 Å². The first kappa shape index (κ1) is 21.5. The highest BCUT2D eigenvalue weighted by molar-refractivity contribution is 9.10. The number of carbonyl (C=O) groups is 2. The van der Waals surface area contributed by atoms with E-state index in [9.17, 15) is 9.59 Å². The van der Waals surface area contributed by atoms with E-state index in [1.807, 2.05) is 24.3 Å². The summed E-state index contributed by atoms with van der Waals surface area (Å²) in [6.07, 6.45) is 3.15. The molecule has 0 saturated carbocycles. The lowest BCUT2D eigenvalue weighted by Crippen LogP contribution is -2.30. The molecule has 0 fully saturated rings.